The van der Waals surface area contributed by atoms with E-state index in [-0.39, 0.29) is 5.82 Å². The van der Waals surface area contributed by atoms with Crippen LogP contribution in [0.3, 0.4) is 0 Å². The summed E-state index contributed by atoms with van der Waals surface area (Å²) in [6.07, 6.45) is 2.28. The largest absolute Gasteiger partial charge is 0.299 e. The molecular formula is C14H19FN2. The van der Waals surface area contributed by atoms with E-state index in [1.54, 1.807) is 12.1 Å². The number of halogens is 1. The first-order valence-corrected chi connectivity index (χ1v) is 6.12. The number of nitrogens with zero attached hydrogens (tertiary/aromatic N) is 2. The summed E-state index contributed by atoms with van der Waals surface area (Å²) in [6, 6.07) is 6.64. The Balaban J connectivity index is 2.69. The number of hydrogen-bond donors (Lipinski definition) is 0. The Kier molecular flexibility index (Phi) is 5.65. The van der Waals surface area contributed by atoms with E-state index < -0.39 is 0 Å². The predicted octanol–water partition coefficient (Wildman–Crippen LogP) is 3.32. The lowest BCUT2D eigenvalue weighted by atomic mass is 10.1. The van der Waals surface area contributed by atoms with Crippen LogP contribution in [0.4, 0.5) is 4.39 Å². The van der Waals surface area contributed by atoms with E-state index >= 15 is 0 Å². The molecule has 0 atom stereocenters. The van der Waals surface area contributed by atoms with E-state index in [2.05, 4.69) is 18.7 Å². The third-order valence-electron chi connectivity index (χ3n) is 2.85. The Morgan fingerprint density at radius 2 is 2.12 bits per heavy atom. The van der Waals surface area contributed by atoms with E-state index in [1.807, 2.05) is 6.07 Å². The number of unbranched alkanes of at least 4 members (excludes halogenated alkanes) is 1. The van der Waals surface area contributed by atoms with Crippen LogP contribution in [0.1, 0.15) is 37.8 Å². The van der Waals surface area contributed by atoms with Crippen LogP contribution in [0.5, 0.6) is 0 Å². The standard InChI is InChI=1S/C14H19FN2/c1-3-5-8-17(4-2)11-13-7-6-12(10-16)9-14(13)15/h6-7,9H,3-5,8,11H2,1-2H3. The first kappa shape index (κ1) is 13.7. The minimum absolute atomic E-state index is 0.279. The topological polar surface area (TPSA) is 27.0 Å². The molecule has 92 valence electrons. The summed E-state index contributed by atoms with van der Waals surface area (Å²) in [5.74, 6) is -0.279. The van der Waals surface area contributed by atoms with Gasteiger partial charge in [-0.25, -0.2) is 4.39 Å². The molecule has 1 aromatic rings. The lowest BCUT2D eigenvalue weighted by Gasteiger charge is -2.20. The molecule has 0 saturated heterocycles. The van der Waals surface area contributed by atoms with Crippen molar-refractivity contribution in [2.24, 2.45) is 0 Å². The van der Waals surface area contributed by atoms with Crippen LogP contribution in [0.25, 0.3) is 0 Å². The minimum Gasteiger partial charge on any atom is -0.299 e. The summed E-state index contributed by atoms with van der Waals surface area (Å²) in [7, 11) is 0. The van der Waals surface area contributed by atoms with Gasteiger partial charge in [-0.2, -0.15) is 5.26 Å². The quantitative estimate of drug-likeness (QED) is 0.755. The molecule has 0 bridgehead atoms. The van der Waals surface area contributed by atoms with Gasteiger partial charge in [0.05, 0.1) is 11.6 Å². The van der Waals surface area contributed by atoms with Crippen LogP contribution >= 0.6 is 0 Å². The van der Waals surface area contributed by atoms with Gasteiger partial charge in [0.2, 0.25) is 0 Å². The molecule has 0 saturated carbocycles. The molecule has 1 rings (SSSR count). The maximum absolute atomic E-state index is 13.7. The number of benzene rings is 1. The van der Waals surface area contributed by atoms with Gasteiger partial charge in [-0.05, 0) is 31.6 Å². The zero-order chi connectivity index (χ0) is 12.7. The highest BCUT2D eigenvalue weighted by molar-refractivity contribution is 5.32. The third-order valence-corrected chi connectivity index (χ3v) is 2.85. The number of rotatable bonds is 6. The Bertz CT molecular complexity index is 396. The maximum atomic E-state index is 13.7. The van der Waals surface area contributed by atoms with Crippen LogP contribution in [0.2, 0.25) is 0 Å². The van der Waals surface area contributed by atoms with Crippen molar-refractivity contribution in [2.45, 2.75) is 33.2 Å². The lowest BCUT2D eigenvalue weighted by molar-refractivity contribution is 0.271. The van der Waals surface area contributed by atoms with Crippen LogP contribution in [-0.2, 0) is 6.54 Å². The molecule has 0 fully saturated rings. The molecule has 0 aliphatic carbocycles. The van der Waals surface area contributed by atoms with E-state index in [0.29, 0.717) is 17.7 Å². The molecule has 0 aromatic heterocycles. The average molecular weight is 234 g/mol. The first-order valence-electron chi connectivity index (χ1n) is 6.12. The van der Waals surface area contributed by atoms with E-state index in [0.717, 1.165) is 25.9 Å². The predicted molar refractivity (Wildman–Crippen MR) is 67.0 cm³/mol. The van der Waals surface area contributed by atoms with Crippen molar-refractivity contribution in [1.29, 1.82) is 5.26 Å². The molecule has 0 radical (unpaired) electrons. The fraction of sp³-hybridized carbons (Fsp3) is 0.500. The fourth-order valence-electron chi connectivity index (χ4n) is 1.72. The van der Waals surface area contributed by atoms with Crippen LogP contribution in [0, 0.1) is 17.1 Å². The molecule has 0 unspecified atom stereocenters. The molecular weight excluding hydrogens is 215 g/mol. The monoisotopic (exact) mass is 234 g/mol. The van der Waals surface area contributed by atoms with Crippen molar-refractivity contribution >= 4 is 0 Å². The van der Waals surface area contributed by atoms with Crippen molar-refractivity contribution in [3.8, 4) is 6.07 Å². The van der Waals surface area contributed by atoms with Gasteiger partial charge in [0.25, 0.3) is 0 Å². The lowest BCUT2D eigenvalue weighted by Crippen LogP contribution is -2.24. The molecule has 0 heterocycles. The van der Waals surface area contributed by atoms with Crippen molar-refractivity contribution < 1.29 is 4.39 Å². The zero-order valence-corrected chi connectivity index (χ0v) is 10.5. The second kappa shape index (κ2) is 7.03. The summed E-state index contributed by atoms with van der Waals surface area (Å²) in [4.78, 5) is 2.22. The van der Waals surface area contributed by atoms with Gasteiger partial charge in [0.15, 0.2) is 0 Å². The average Bonchev–Trinajstić information content (AvgIpc) is 2.36. The Labute approximate surface area is 103 Å². The summed E-state index contributed by atoms with van der Waals surface area (Å²) in [5, 5.41) is 8.67. The molecule has 0 aliphatic rings. The van der Waals surface area contributed by atoms with Crippen molar-refractivity contribution in [2.75, 3.05) is 13.1 Å². The first-order chi connectivity index (χ1) is 8.21. The van der Waals surface area contributed by atoms with Crippen molar-refractivity contribution in [1.82, 2.24) is 4.90 Å². The summed E-state index contributed by atoms with van der Waals surface area (Å²) < 4.78 is 13.7. The van der Waals surface area contributed by atoms with Gasteiger partial charge >= 0.3 is 0 Å². The van der Waals surface area contributed by atoms with E-state index in [1.165, 1.54) is 6.07 Å². The maximum Gasteiger partial charge on any atom is 0.129 e. The molecule has 0 N–H and O–H groups in total. The van der Waals surface area contributed by atoms with E-state index in [4.69, 9.17) is 5.26 Å². The van der Waals surface area contributed by atoms with Gasteiger partial charge in [-0.15, -0.1) is 0 Å². The molecule has 1 aromatic carbocycles. The van der Waals surface area contributed by atoms with Crippen molar-refractivity contribution in [3.05, 3.63) is 35.1 Å². The number of nitriles is 1. The second-order valence-corrected chi connectivity index (χ2v) is 4.14. The van der Waals surface area contributed by atoms with Crippen LogP contribution in [0.15, 0.2) is 18.2 Å². The van der Waals surface area contributed by atoms with Gasteiger partial charge in [-0.1, -0.05) is 26.3 Å². The highest BCUT2D eigenvalue weighted by Crippen LogP contribution is 2.13. The SMILES string of the molecule is CCCCN(CC)Cc1ccc(C#N)cc1F. The molecule has 0 aliphatic heterocycles. The van der Waals surface area contributed by atoms with Gasteiger partial charge in [0.1, 0.15) is 5.82 Å². The minimum atomic E-state index is -0.279. The highest BCUT2D eigenvalue weighted by atomic mass is 19.1. The van der Waals surface area contributed by atoms with Gasteiger partial charge in [-0.3, -0.25) is 4.90 Å². The smallest absolute Gasteiger partial charge is 0.129 e. The number of hydrogen-bond acceptors (Lipinski definition) is 2. The zero-order valence-electron chi connectivity index (χ0n) is 10.5. The van der Waals surface area contributed by atoms with E-state index in [9.17, 15) is 4.39 Å². The Morgan fingerprint density at radius 3 is 2.65 bits per heavy atom. The normalized spacial score (nSPS) is 10.5. The Morgan fingerprint density at radius 1 is 1.35 bits per heavy atom. The Hall–Kier alpha value is -1.40. The fourth-order valence-corrected chi connectivity index (χ4v) is 1.72. The molecule has 3 heteroatoms. The summed E-state index contributed by atoms with van der Waals surface area (Å²) >= 11 is 0. The molecule has 0 amide bonds. The van der Waals surface area contributed by atoms with Crippen LogP contribution in [-0.4, -0.2) is 18.0 Å². The molecule has 2 nitrogen and oxygen atoms in total. The molecule has 0 spiro atoms. The van der Waals surface area contributed by atoms with Gasteiger partial charge in [0, 0.05) is 12.1 Å². The molecule has 17 heavy (non-hydrogen) atoms. The summed E-state index contributed by atoms with van der Waals surface area (Å²) in [6.45, 7) is 6.76. The van der Waals surface area contributed by atoms with Gasteiger partial charge < -0.3 is 0 Å². The summed E-state index contributed by atoms with van der Waals surface area (Å²) in [5.41, 5.74) is 1.05. The van der Waals surface area contributed by atoms with Crippen molar-refractivity contribution in [3.63, 3.8) is 0 Å². The van der Waals surface area contributed by atoms with Crippen LogP contribution < -0.4 is 0 Å². The highest BCUT2D eigenvalue weighted by Gasteiger charge is 2.08. The second-order valence-electron chi connectivity index (χ2n) is 4.14. The third kappa shape index (κ3) is 4.16.